The first kappa shape index (κ1) is 15.1. The van der Waals surface area contributed by atoms with E-state index in [-0.39, 0.29) is 5.91 Å². The van der Waals surface area contributed by atoms with Gasteiger partial charge in [0.15, 0.2) is 5.76 Å². The van der Waals surface area contributed by atoms with Crippen LogP contribution < -0.4 is 15.8 Å². The van der Waals surface area contributed by atoms with E-state index in [9.17, 15) is 4.79 Å². The van der Waals surface area contributed by atoms with E-state index in [1.165, 1.54) is 0 Å². The number of nitrogens with two attached hydrogens (primary N) is 1. The van der Waals surface area contributed by atoms with Crippen LogP contribution in [0.25, 0.3) is 0 Å². The second-order valence-electron chi connectivity index (χ2n) is 4.53. The van der Waals surface area contributed by atoms with Crippen molar-refractivity contribution in [2.45, 2.75) is 26.8 Å². The molecular formula is C16H20N2O3. The number of carbonyl (C=O) groups is 1. The van der Waals surface area contributed by atoms with Crippen LogP contribution in [0, 0.1) is 0 Å². The number of aryl methyl sites for hydroxylation is 1. The summed E-state index contributed by atoms with van der Waals surface area (Å²) in [4.78, 5) is 12.1. The molecule has 1 amide bonds. The maximum absolute atomic E-state index is 12.1. The highest BCUT2D eigenvalue weighted by molar-refractivity contribution is 6.02. The van der Waals surface area contributed by atoms with Crippen molar-refractivity contribution >= 4 is 11.6 Å². The van der Waals surface area contributed by atoms with Crippen molar-refractivity contribution in [3.05, 3.63) is 47.4 Å². The van der Waals surface area contributed by atoms with Gasteiger partial charge in [0, 0.05) is 24.2 Å². The number of amides is 1. The molecule has 5 nitrogen and oxygen atoms in total. The molecule has 1 aromatic heterocycles. The number of ether oxygens (including phenoxy) is 1. The fourth-order valence-electron chi connectivity index (χ4n) is 2.00. The number of rotatable bonds is 6. The van der Waals surface area contributed by atoms with Gasteiger partial charge in [0.25, 0.3) is 5.91 Å². The minimum atomic E-state index is -0.276. The minimum absolute atomic E-state index is 0.276. The smallest absolute Gasteiger partial charge is 0.291 e. The number of furan rings is 1. The van der Waals surface area contributed by atoms with Gasteiger partial charge in [-0.2, -0.15) is 0 Å². The van der Waals surface area contributed by atoms with E-state index in [4.69, 9.17) is 14.9 Å². The molecule has 0 radical (unpaired) electrons. The maximum atomic E-state index is 12.1. The van der Waals surface area contributed by atoms with Crippen molar-refractivity contribution in [1.29, 1.82) is 0 Å². The van der Waals surface area contributed by atoms with E-state index in [1.54, 1.807) is 24.3 Å². The zero-order chi connectivity index (χ0) is 15.2. The van der Waals surface area contributed by atoms with Crippen molar-refractivity contribution in [3.63, 3.8) is 0 Å². The predicted molar refractivity (Wildman–Crippen MR) is 81.5 cm³/mol. The highest BCUT2D eigenvalue weighted by Crippen LogP contribution is 2.23. The summed E-state index contributed by atoms with van der Waals surface area (Å²) >= 11 is 0. The van der Waals surface area contributed by atoms with Crippen molar-refractivity contribution in [2.24, 2.45) is 5.73 Å². The lowest BCUT2D eigenvalue weighted by atomic mass is 10.1. The van der Waals surface area contributed by atoms with E-state index >= 15 is 0 Å². The van der Waals surface area contributed by atoms with Gasteiger partial charge in [-0.25, -0.2) is 0 Å². The lowest BCUT2D eigenvalue weighted by Gasteiger charge is -2.11. The van der Waals surface area contributed by atoms with E-state index in [0.29, 0.717) is 24.6 Å². The monoisotopic (exact) mass is 288 g/mol. The molecule has 0 bridgehead atoms. The van der Waals surface area contributed by atoms with E-state index in [2.05, 4.69) is 5.32 Å². The van der Waals surface area contributed by atoms with Crippen LogP contribution in [0.15, 0.2) is 34.7 Å². The summed E-state index contributed by atoms with van der Waals surface area (Å²) in [5.74, 6) is 1.55. The molecule has 1 heterocycles. The van der Waals surface area contributed by atoms with Gasteiger partial charge in [0.2, 0.25) is 0 Å². The van der Waals surface area contributed by atoms with Gasteiger partial charge in [0.05, 0.1) is 6.61 Å². The number of nitrogens with one attached hydrogen (secondary N) is 1. The summed E-state index contributed by atoms with van der Waals surface area (Å²) in [6, 6.07) is 8.88. The Labute approximate surface area is 124 Å². The number of hydrogen-bond donors (Lipinski definition) is 2. The Balaban J connectivity index is 2.13. The molecule has 2 rings (SSSR count). The first-order valence-electron chi connectivity index (χ1n) is 7.03. The van der Waals surface area contributed by atoms with Gasteiger partial charge in [-0.15, -0.1) is 0 Å². The summed E-state index contributed by atoms with van der Waals surface area (Å²) in [6.07, 6.45) is 0.758. The molecule has 112 valence electrons. The standard InChI is InChI=1S/C16H20N2O3/c1-3-13-6-8-15(21-13)16(19)18-12-5-7-14(20-4-2)11(9-12)10-17/h5-9H,3-4,10,17H2,1-2H3,(H,18,19). The number of anilines is 1. The highest BCUT2D eigenvalue weighted by Gasteiger charge is 2.12. The lowest BCUT2D eigenvalue weighted by molar-refractivity contribution is 0.0995. The van der Waals surface area contributed by atoms with E-state index < -0.39 is 0 Å². The van der Waals surface area contributed by atoms with Gasteiger partial charge in [-0.05, 0) is 37.3 Å². The Morgan fingerprint density at radius 2 is 2.10 bits per heavy atom. The Morgan fingerprint density at radius 3 is 2.71 bits per heavy atom. The van der Waals surface area contributed by atoms with Crippen molar-refractivity contribution in [2.75, 3.05) is 11.9 Å². The molecule has 0 aliphatic carbocycles. The molecule has 0 saturated heterocycles. The lowest BCUT2D eigenvalue weighted by Crippen LogP contribution is -2.12. The second kappa shape index (κ2) is 6.95. The van der Waals surface area contributed by atoms with Gasteiger partial charge >= 0.3 is 0 Å². The topological polar surface area (TPSA) is 77.5 Å². The van der Waals surface area contributed by atoms with Gasteiger partial charge in [-0.1, -0.05) is 6.92 Å². The Kier molecular flexibility index (Phi) is 5.00. The molecule has 0 aliphatic rings. The molecular weight excluding hydrogens is 268 g/mol. The third kappa shape index (κ3) is 3.64. The molecule has 0 aliphatic heterocycles. The van der Waals surface area contributed by atoms with Crippen LogP contribution in [0.5, 0.6) is 5.75 Å². The van der Waals surface area contributed by atoms with Crippen LogP contribution in [0.3, 0.4) is 0 Å². The first-order chi connectivity index (χ1) is 10.2. The van der Waals surface area contributed by atoms with Crippen molar-refractivity contribution in [1.82, 2.24) is 0 Å². The minimum Gasteiger partial charge on any atom is -0.494 e. The second-order valence-corrected chi connectivity index (χ2v) is 4.53. The average molecular weight is 288 g/mol. The third-order valence-corrected chi connectivity index (χ3v) is 3.07. The molecule has 0 saturated carbocycles. The zero-order valence-corrected chi connectivity index (χ0v) is 12.3. The fourth-order valence-corrected chi connectivity index (χ4v) is 2.00. The molecule has 0 fully saturated rings. The third-order valence-electron chi connectivity index (χ3n) is 3.07. The SMILES string of the molecule is CCOc1ccc(NC(=O)c2ccc(CC)o2)cc1CN. The largest absolute Gasteiger partial charge is 0.494 e. The van der Waals surface area contributed by atoms with Crippen LogP contribution in [0.2, 0.25) is 0 Å². The molecule has 0 spiro atoms. The Bertz CT molecular complexity index is 620. The number of hydrogen-bond acceptors (Lipinski definition) is 4. The number of carbonyl (C=O) groups excluding carboxylic acids is 1. The summed E-state index contributed by atoms with van der Waals surface area (Å²) in [7, 11) is 0. The Morgan fingerprint density at radius 1 is 1.29 bits per heavy atom. The van der Waals surface area contributed by atoms with E-state index in [1.807, 2.05) is 19.9 Å². The van der Waals surface area contributed by atoms with Crippen LogP contribution in [0.4, 0.5) is 5.69 Å². The molecule has 21 heavy (non-hydrogen) atoms. The van der Waals surface area contributed by atoms with E-state index in [0.717, 1.165) is 23.5 Å². The molecule has 5 heteroatoms. The summed E-state index contributed by atoms with van der Waals surface area (Å²) in [5, 5.41) is 2.80. The van der Waals surface area contributed by atoms with Crippen LogP contribution in [-0.4, -0.2) is 12.5 Å². The Hall–Kier alpha value is -2.27. The average Bonchev–Trinajstić information content (AvgIpc) is 2.98. The zero-order valence-electron chi connectivity index (χ0n) is 12.3. The molecule has 3 N–H and O–H groups in total. The van der Waals surface area contributed by atoms with Crippen LogP contribution in [-0.2, 0) is 13.0 Å². The van der Waals surface area contributed by atoms with Gasteiger partial charge in [0.1, 0.15) is 11.5 Å². The van der Waals surface area contributed by atoms with Gasteiger partial charge in [-0.3, -0.25) is 4.79 Å². The van der Waals surface area contributed by atoms with Crippen LogP contribution >= 0.6 is 0 Å². The summed E-state index contributed by atoms with van der Waals surface area (Å²) in [5.41, 5.74) is 7.22. The summed E-state index contributed by atoms with van der Waals surface area (Å²) < 4.78 is 10.9. The van der Waals surface area contributed by atoms with Crippen molar-refractivity contribution in [3.8, 4) is 5.75 Å². The molecule has 0 atom stereocenters. The quantitative estimate of drug-likeness (QED) is 0.856. The van der Waals surface area contributed by atoms with Crippen molar-refractivity contribution < 1.29 is 13.9 Å². The maximum Gasteiger partial charge on any atom is 0.291 e. The summed E-state index contributed by atoms with van der Waals surface area (Å²) in [6.45, 7) is 4.81. The first-order valence-corrected chi connectivity index (χ1v) is 7.03. The fraction of sp³-hybridized carbons (Fsp3) is 0.312. The molecule has 0 unspecified atom stereocenters. The highest BCUT2D eigenvalue weighted by atomic mass is 16.5. The van der Waals surface area contributed by atoms with Crippen LogP contribution in [0.1, 0.15) is 35.7 Å². The predicted octanol–water partition coefficient (Wildman–Crippen LogP) is 2.95. The number of benzene rings is 1. The van der Waals surface area contributed by atoms with Gasteiger partial charge < -0.3 is 20.2 Å². The molecule has 2 aromatic rings. The normalized spacial score (nSPS) is 10.4. The molecule has 1 aromatic carbocycles.